The molecule has 1 aromatic heterocycles. The summed E-state index contributed by atoms with van der Waals surface area (Å²) in [6.07, 6.45) is 0. The number of rotatable bonds is 5. The zero-order valence-electron chi connectivity index (χ0n) is 11.4. The zero-order chi connectivity index (χ0) is 14.0. The fourth-order valence-corrected chi connectivity index (χ4v) is 3.68. The Balaban J connectivity index is 2.05. The van der Waals surface area contributed by atoms with Gasteiger partial charge in [-0.2, -0.15) is 5.10 Å². The Morgan fingerprint density at radius 1 is 1.26 bits per heavy atom. The van der Waals surface area contributed by atoms with Gasteiger partial charge >= 0.3 is 0 Å². The maximum Gasteiger partial charge on any atom is 0.140 e. The van der Waals surface area contributed by atoms with Crippen LogP contribution in [-0.4, -0.2) is 24.5 Å². The smallest absolute Gasteiger partial charge is 0.140 e. The van der Waals surface area contributed by atoms with E-state index in [9.17, 15) is 0 Å². The van der Waals surface area contributed by atoms with Crippen LogP contribution in [0.5, 0.6) is 0 Å². The molecule has 2 rings (SSSR count). The molecular formula is C13H18I2N2OSi. The molecule has 0 N–H and O–H groups in total. The van der Waals surface area contributed by atoms with E-state index in [1.165, 1.54) is 15.0 Å². The third-order valence-electron chi connectivity index (χ3n) is 2.88. The minimum absolute atomic E-state index is 0.546. The average molecular weight is 500 g/mol. The van der Waals surface area contributed by atoms with Gasteiger partial charge in [0.2, 0.25) is 0 Å². The molecule has 6 heteroatoms. The van der Waals surface area contributed by atoms with Crippen LogP contribution in [0.4, 0.5) is 0 Å². The fourth-order valence-electron chi connectivity index (χ4n) is 1.74. The Morgan fingerprint density at radius 3 is 2.68 bits per heavy atom. The summed E-state index contributed by atoms with van der Waals surface area (Å²) in [5.41, 5.74) is 1.15. The predicted molar refractivity (Wildman–Crippen MR) is 99.3 cm³/mol. The van der Waals surface area contributed by atoms with Crippen molar-refractivity contribution >= 4 is 64.2 Å². The maximum absolute atomic E-state index is 5.78. The molecule has 0 atom stereocenters. The summed E-state index contributed by atoms with van der Waals surface area (Å²) in [7, 11) is -1.01. The predicted octanol–water partition coefficient (Wildman–Crippen LogP) is 4.56. The highest BCUT2D eigenvalue weighted by atomic mass is 127. The van der Waals surface area contributed by atoms with Crippen molar-refractivity contribution in [3.63, 3.8) is 0 Å². The molecule has 1 aromatic carbocycles. The number of hydrogen-bond donors (Lipinski definition) is 0. The van der Waals surface area contributed by atoms with Crippen LogP contribution in [0.1, 0.15) is 0 Å². The van der Waals surface area contributed by atoms with Crippen molar-refractivity contribution in [3.05, 3.63) is 25.5 Å². The Kier molecular flexibility index (Phi) is 5.29. The molecule has 104 valence electrons. The largest absolute Gasteiger partial charge is 0.360 e. The monoisotopic (exact) mass is 500 g/mol. The van der Waals surface area contributed by atoms with Gasteiger partial charge in [-0.3, -0.25) is 0 Å². The number of hydrogen-bond acceptors (Lipinski definition) is 2. The van der Waals surface area contributed by atoms with E-state index in [1.807, 2.05) is 4.68 Å². The molecular weight excluding hydrogens is 482 g/mol. The van der Waals surface area contributed by atoms with Gasteiger partial charge in [-0.05, 0) is 69.4 Å². The molecule has 0 spiro atoms. The van der Waals surface area contributed by atoms with E-state index in [4.69, 9.17) is 4.74 Å². The second-order valence-electron chi connectivity index (χ2n) is 5.80. The molecule has 19 heavy (non-hydrogen) atoms. The van der Waals surface area contributed by atoms with Crippen molar-refractivity contribution in [2.45, 2.75) is 32.4 Å². The van der Waals surface area contributed by atoms with E-state index in [-0.39, 0.29) is 0 Å². The number of benzene rings is 1. The standard InChI is InChI=1S/C13H18I2N2OSi/c1-19(2,3)7-6-18-9-17-12-5-4-10(14)8-11(12)13(15)16-17/h4-5,8H,6-7,9H2,1-3H3. The number of fused-ring (bicyclic) bond motifs is 1. The average Bonchev–Trinajstić information content (AvgIpc) is 2.60. The zero-order valence-corrected chi connectivity index (χ0v) is 16.7. The molecule has 0 saturated carbocycles. The molecule has 0 bridgehead atoms. The van der Waals surface area contributed by atoms with Crippen LogP contribution in [0.3, 0.4) is 0 Å². The summed E-state index contributed by atoms with van der Waals surface area (Å²) in [6.45, 7) is 8.47. The fraction of sp³-hybridized carbons (Fsp3) is 0.462. The summed E-state index contributed by atoms with van der Waals surface area (Å²) in [6, 6.07) is 7.60. The molecule has 1 heterocycles. The van der Waals surface area contributed by atoms with Crippen LogP contribution in [0.15, 0.2) is 18.2 Å². The third-order valence-corrected chi connectivity index (χ3v) is 6.05. The van der Waals surface area contributed by atoms with Gasteiger partial charge in [0.15, 0.2) is 0 Å². The molecule has 3 nitrogen and oxygen atoms in total. The van der Waals surface area contributed by atoms with Crippen molar-refractivity contribution in [2.75, 3.05) is 6.61 Å². The molecule has 0 aliphatic rings. The lowest BCUT2D eigenvalue weighted by atomic mass is 10.3. The van der Waals surface area contributed by atoms with Crippen molar-refractivity contribution in [3.8, 4) is 0 Å². The van der Waals surface area contributed by atoms with E-state index in [0.29, 0.717) is 6.73 Å². The van der Waals surface area contributed by atoms with Gasteiger partial charge in [-0.15, -0.1) is 0 Å². The van der Waals surface area contributed by atoms with Gasteiger partial charge in [0.05, 0.1) is 5.52 Å². The second kappa shape index (κ2) is 6.40. The van der Waals surface area contributed by atoms with Gasteiger partial charge in [-0.1, -0.05) is 19.6 Å². The first-order valence-electron chi connectivity index (χ1n) is 6.26. The Hall–Kier alpha value is 0.327. The van der Waals surface area contributed by atoms with E-state index in [0.717, 1.165) is 15.8 Å². The van der Waals surface area contributed by atoms with Crippen LogP contribution in [0.25, 0.3) is 10.9 Å². The second-order valence-corrected chi connectivity index (χ2v) is 13.7. The first-order valence-corrected chi connectivity index (χ1v) is 12.1. The molecule has 0 aliphatic carbocycles. The van der Waals surface area contributed by atoms with Crippen LogP contribution >= 0.6 is 45.2 Å². The topological polar surface area (TPSA) is 27.1 Å². The summed E-state index contributed by atoms with van der Waals surface area (Å²) < 4.78 is 10.0. The molecule has 0 radical (unpaired) electrons. The molecule has 0 saturated heterocycles. The van der Waals surface area contributed by atoms with Gasteiger partial charge in [0.1, 0.15) is 10.4 Å². The third kappa shape index (κ3) is 4.40. The Morgan fingerprint density at radius 2 is 2.00 bits per heavy atom. The lowest BCUT2D eigenvalue weighted by molar-refractivity contribution is 0.0814. The van der Waals surface area contributed by atoms with Gasteiger partial charge in [0.25, 0.3) is 0 Å². The summed E-state index contributed by atoms with van der Waals surface area (Å²) in [5.74, 6) is 0. The Bertz CT molecular complexity index is 578. The van der Waals surface area contributed by atoms with Gasteiger partial charge in [-0.25, -0.2) is 4.68 Å². The first-order chi connectivity index (χ1) is 8.87. The van der Waals surface area contributed by atoms with Crippen LogP contribution in [0, 0.1) is 7.27 Å². The molecule has 2 aromatic rings. The van der Waals surface area contributed by atoms with Crippen LogP contribution < -0.4 is 0 Å². The van der Waals surface area contributed by atoms with Crippen molar-refractivity contribution < 1.29 is 4.74 Å². The Labute approximate surface area is 142 Å². The number of nitrogens with zero attached hydrogens (tertiary/aromatic N) is 2. The number of ether oxygens (including phenoxy) is 1. The quantitative estimate of drug-likeness (QED) is 0.342. The van der Waals surface area contributed by atoms with Crippen molar-refractivity contribution in [1.29, 1.82) is 0 Å². The van der Waals surface area contributed by atoms with Crippen molar-refractivity contribution in [2.24, 2.45) is 0 Å². The maximum atomic E-state index is 5.78. The molecule has 0 unspecified atom stereocenters. The highest BCUT2D eigenvalue weighted by molar-refractivity contribution is 14.1. The van der Waals surface area contributed by atoms with E-state index in [2.05, 4.69) is 88.1 Å². The number of aromatic nitrogens is 2. The highest BCUT2D eigenvalue weighted by Gasteiger charge is 2.13. The van der Waals surface area contributed by atoms with Gasteiger partial charge in [0, 0.05) is 23.6 Å². The van der Waals surface area contributed by atoms with E-state index < -0.39 is 8.07 Å². The minimum Gasteiger partial charge on any atom is -0.360 e. The van der Waals surface area contributed by atoms with Crippen LogP contribution in [-0.2, 0) is 11.5 Å². The molecule has 0 amide bonds. The molecule has 0 fully saturated rings. The summed E-state index contributed by atoms with van der Waals surface area (Å²) in [4.78, 5) is 0. The van der Waals surface area contributed by atoms with E-state index >= 15 is 0 Å². The highest BCUT2D eigenvalue weighted by Crippen LogP contribution is 2.22. The lowest BCUT2D eigenvalue weighted by Crippen LogP contribution is -2.22. The number of halogens is 2. The van der Waals surface area contributed by atoms with Crippen molar-refractivity contribution in [1.82, 2.24) is 9.78 Å². The van der Waals surface area contributed by atoms with Crippen LogP contribution in [0.2, 0.25) is 25.7 Å². The lowest BCUT2D eigenvalue weighted by Gasteiger charge is -2.15. The normalized spacial score (nSPS) is 12.3. The van der Waals surface area contributed by atoms with Gasteiger partial charge < -0.3 is 4.74 Å². The first kappa shape index (κ1) is 15.7. The summed E-state index contributed by atoms with van der Waals surface area (Å²) in [5, 5.41) is 5.76. The SMILES string of the molecule is C[Si](C)(C)CCOCn1nc(I)c2cc(I)ccc21. The van der Waals surface area contributed by atoms with E-state index in [1.54, 1.807) is 0 Å². The summed E-state index contributed by atoms with van der Waals surface area (Å²) >= 11 is 4.62. The molecule has 0 aliphatic heterocycles. The minimum atomic E-state index is -1.01.